The molecule has 0 spiro atoms. The van der Waals surface area contributed by atoms with E-state index in [0.717, 1.165) is 0 Å². The lowest BCUT2D eigenvalue weighted by Gasteiger charge is -2.09. The summed E-state index contributed by atoms with van der Waals surface area (Å²) >= 11 is 0. The van der Waals surface area contributed by atoms with Crippen LogP contribution in [0.25, 0.3) is 0 Å². The van der Waals surface area contributed by atoms with Gasteiger partial charge in [0.25, 0.3) is 0 Å². The van der Waals surface area contributed by atoms with E-state index in [2.05, 4.69) is 0 Å². The molecule has 5 heteroatoms. The third-order valence-corrected chi connectivity index (χ3v) is 2.91. The Morgan fingerprint density at radius 3 is 2.09 bits per heavy atom. The van der Waals surface area contributed by atoms with Gasteiger partial charge in [-0.25, -0.2) is 13.6 Å². The second-order valence-corrected chi connectivity index (χ2v) is 4.81. The Labute approximate surface area is 67.5 Å². The molecule has 0 aliphatic carbocycles. The number of hydrogen-bond donors (Lipinski definition) is 2. The Bertz CT molecular complexity index is 198. The maximum atomic E-state index is 10.6. The van der Waals surface area contributed by atoms with Gasteiger partial charge in [0.15, 0.2) is 0 Å². The van der Waals surface area contributed by atoms with Crippen molar-refractivity contribution in [2.45, 2.75) is 38.0 Å². The third kappa shape index (κ3) is 5.17. The Hall–Kier alpha value is -0.130. The van der Waals surface area contributed by atoms with Crippen molar-refractivity contribution >= 4 is 10.0 Å². The summed E-state index contributed by atoms with van der Waals surface area (Å²) in [6, 6.07) is 0. The molecule has 2 unspecified atom stereocenters. The van der Waals surface area contributed by atoms with E-state index in [1.54, 1.807) is 6.92 Å². The van der Waals surface area contributed by atoms with Crippen LogP contribution in [0.1, 0.15) is 26.7 Å². The van der Waals surface area contributed by atoms with Crippen LogP contribution in [0.4, 0.5) is 0 Å². The molecule has 0 saturated carbocycles. The van der Waals surface area contributed by atoms with Gasteiger partial charge < -0.3 is 5.11 Å². The van der Waals surface area contributed by atoms with Gasteiger partial charge in [0.05, 0.1) is 11.4 Å². The summed E-state index contributed by atoms with van der Waals surface area (Å²) in [5.74, 6) is 0. The molecule has 0 aliphatic heterocycles. The van der Waals surface area contributed by atoms with Crippen LogP contribution in [0.3, 0.4) is 0 Å². The maximum absolute atomic E-state index is 10.6. The van der Waals surface area contributed by atoms with Crippen LogP contribution in [-0.4, -0.2) is 24.9 Å². The van der Waals surface area contributed by atoms with Crippen molar-refractivity contribution < 1.29 is 13.5 Å². The molecule has 0 aromatic rings. The Balaban J connectivity index is 3.81. The van der Waals surface area contributed by atoms with Crippen LogP contribution in [-0.2, 0) is 10.0 Å². The zero-order valence-electron chi connectivity index (χ0n) is 6.82. The van der Waals surface area contributed by atoms with E-state index >= 15 is 0 Å². The van der Waals surface area contributed by atoms with E-state index in [1.807, 2.05) is 0 Å². The fourth-order valence-electron chi connectivity index (χ4n) is 0.640. The van der Waals surface area contributed by atoms with E-state index in [9.17, 15) is 8.42 Å². The minimum Gasteiger partial charge on any atom is -0.393 e. The van der Waals surface area contributed by atoms with Crippen LogP contribution in [0.5, 0.6) is 0 Å². The smallest absolute Gasteiger partial charge is 0.211 e. The molecule has 4 nitrogen and oxygen atoms in total. The van der Waals surface area contributed by atoms with Crippen LogP contribution in [0.15, 0.2) is 0 Å². The van der Waals surface area contributed by atoms with Gasteiger partial charge in [-0.3, -0.25) is 0 Å². The van der Waals surface area contributed by atoms with E-state index in [0.29, 0.717) is 12.8 Å². The van der Waals surface area contributed by atoms with Gasteiger partial charge in [-0.1, -0.05) is 0 Å². The minimum absolute atomic E-state index is 0.413. The van der Waals surface area contributed by atoms with E-state index in [1.165, 1.54) is 6.92 Å². The van der Waals surface area contributed by atoms with E-state index in [-0.39, 0.29) is 0 Å². The van der Waals surface area contributed by atoms with Gasteiger partial charge in [0, 0.05) is 0 Å². The maximum Gasteiger partial charge on any atom is 0.211 e. The van der Waals surface area contributed by atoms with Crippen molar-refractivity contribution in [3.63, 3.8) is 0 Å². The highest BCUT2D eigenvalue weighted by molar-refractivity contribution is 7.89. The summed E-state index contributed by atoms with van der Waals surface area (Å²) in [5.41, 5.74) is 0. The third-order valence-electron chi connectivity index (χ3n) is 1.55. The van der Waals surface area contributed by atoms with Crippen molar-refractivity contribution in [2.75, 3.05) is 0 Å². The van der Waals surface area contributed by atoms with E-state index in [4.69, 9.17) is 10.2 Å². The van der Waals surface area contributed by atoms with Crippen LogP contribution < -0.4 is 5.14 Å². The minimum atomic E-state index is -3.41. The Morgan fingerprint density at radius 1 is 1.36 bits per heavy atom. The number of hydrogen-bond acceptors (Lipinski definition) is 3. The molecule has 0 heterocycles. The number of aliphatic hydroxyl groups excluding tert-OH is 1. The molecule has 11 heavy (non-hydrogen) atoms. The summed E-state index contributed by atoms with van der Waals surface area (Å²) in [6.07, 6.45) is 0.424. The SMILES string of the molecule is CC(O)CCC(C)S(N)(=O)=O. The first-order valence-corrected chi connectivity index (χ1v) is 5.14. The molecule has 0 amide bonds. The van der Waals surface area contributed by atoms with Gasteiger partial charge in [-0.2, -0.15) is 0 Å². The number of primary sulfonamides is 1. The van der Waals surface area contributed by atoms with Crippen LogP contribution in [0, 0.1) is 0 Å². The van der Waals surface area contributed by atoms with Crippen LogP contribution in [0.2, 0.25) is 0 Å². The monoisotopic (exact) mass is 181 g/mol. The highest BCUT2D eigenvalue weighted by Gasteiger charge is 2.15. The number of aliphatic hydroxyl groups is 1. The summed E-state index contributed by atoms with van der Waals surface area (Å²) in [6.45, 7) is 3.16. The fourth-order valence-corrected chi connectivity index (χ4v) is 1.10. The first-order valence-electron chi connectivity index (χ1n) is 3.53. The molecular formula is C6H15NO3S. The first kappa shape index (κ1) is 10.9. The van der Waals surface area contributed by atoms with Gasteiger partial charge >= 0.3 is 0 Å². The highest BCUT2D eigenvalue weighted by atomic mass is 32.2. The Kier molecular flexibility index (Phi) is 3.99. The average molecular weight is 181 g/mol. The molecule has 0 fully saturated rings. The summed E-state index contributed by atoms with van der Waals surface area (Å²) in [4.78, 5) is 0. The van der Waals surface area contributed by atoms with Crippen molar-refractivity contribution in [2.24, 2.45) is 5.14 Å². The summed E-state index contributed by atoms with van der Waals surface area (Å²) < 4.78 is 21.3. The Morgan fingerprint density at radius 2 is 1.82 bits per heavy atom. The average Bonchev–Trinajstić information content (AvgIpc) is 1.80. The van der Waals surface area contributed by atoms with Crippen molar-refractivity contribution in [3.05, 3.63) is 0 Å². The first-order chi connectivity index (χ1) is 4.84. The zero-order chi connectivity index (χ0) is 9.07. The molecule has 0 aromatic carbocycles. The standard InChI is InChI=1S/C6H15NO3S/c1-5(8)3-4-6(2)11(7,9)10/h5-6,8H,3-4H2,1-2H3,(H2,7,9,10). The second-order valence-electron chi connectivity index (χ2n) is 2.83. The molecular weight excluding hydrogens is 166 g/mol. The van der Waals surface area contributed by atoms with E-state index < -0.39 is 21.4 Å². The summed E-state index contributed by atoms with van der Waals surface area (Å²) in [5, 5.41) is 13.1. The van der Waals surface area contributed by atoms with Gasteiger partial charge in [-0.05, 0) is 26.7 Å². The molecule has 0 bridgehead atoms. The number of rotatable bonds is 4. The lowest BCUT2D eigenvalue weighted by Crippen LogP contribution is -2.26. The van der Waals surface area contributed by atoms with Gasteiger partial charge in [0.2, 0.25) is 10.0 Å². The zero-order valence-corrected chi connectivity index (χ0v) is 7.63. The predicted octanol–water partition coefficient (Wildman–Crippen LogP) is -0.176. The van der Waals surface area contributed by atoms with Crippen molar-refractivity contribution in [1.29, 1.82) is 0 Å². The molecule has 0 radical (unpaired) electrons. The largest absolute Gasteiger partial charge is 0.393 e. The second kappa shape index (κ2) is 4.04. The lowest BCUT2D eigenvalue weighted by molar-refractivity contribution is 0.181. The van der Waals surface area contributed by atoms with Crippen LogP contribution >= 0.6 is 0 Å². The van der Waals surface area contributed by atoms with Crippen molar-refractivity contribution in [3.8, 4) is 0 Å². The molecule has 3 N–H and O–H groups in total. The van der Waals surface area contributed by atoms with Gasteiger partial charge in [0.1, 0.15) is 0 Å². The van der Waals surface area contributed by atoms with Gasteiger partial charge in [-0.15, -0.1) is 0 Å². The topological polar surface area (TPSA) is 80.4 Å². The molecule has 68 valence electrons. The lowest BCUT2D eigenvalue weighted by atomic mass is 10.2. The molecule has 0 saturated heterocycles. The summed E-state index contributed by atoms with van der Waals surface area (Å²) in [7, 11) is -3.41. The van der Waals surface area contributed by atoms with Crippen molar-refractivity contribution in [1.82, 2.24) is 0 Å². The predicted molar refractivity (Wildman–Crippen MR) is 43.5 cm³/mol. The fraction of sp³-hybridized carbons (Fsp3) is 1.00. The quantitative estimate of drug-likeness (QED) is 0.631. The number of sulfonamides is 1. The highest BCUT2D eigenvalue weighted by Crippen LogP contribution is 2.06. The number of nitrogens with two attached hydrogens (primary N) is 1. The molecule has 0 aromatic heterocycles. The normalized spacial score (nSPS) is 17.8. The molecule has 0 aliphatic rings. The molecule has 2 atom stereocenters. The molecule has 0 rings (SSSR count).